The molecule has 0 bridgehead atoms. The molecule has 19 heavy (non-hydrogen) atoms. The standard InChI is InChI=1S/C15H21BrN2O/c1-3-15(8-5-9-17-15)14(19)18-11(2)12-6-4-7-13(16)10-12/h4,6-7,10-11,17H,3,5,8-9H2,1-2H3,(H,18,19). The first-order valence-electron chi connectivity index (χ1n) is 6.89. The molecule has 1 aromatic rings. The van der Waals surface area contributed by atoms with E-state index >= 15 is 0 Å². The second-order valence-electron chi connectivity index (χ2n) is 5.22. The predicted octanol–water partition coefficient (Wildman–Crippen LogP) is 3.16. The molecule has 2 N–H and O–H groups in total. The smallest absolute Gasteiger partial charge is 0.240 e. The van der Waals surface area contributed by atoms with Crippen molar-refractivity contribution in [2.45, 2.75) is 44.7 Å². The third kappa shape index (κ3) is 3.18. The van der Waals surface area contributed by atoms with E-state index in [0.717, 1.165) is 35.8 Å². The number of rotatable bonds is 4. The Balaban J connectivity index is 2.06. The Labute approximate surface area is 123 Å². The van der Waals surface area contributed by atoms with Crippen molar-refractivity contribution in [3.8, 4) is 0 Å². The number of halogens is 1. The molecule has 1 aromatic carbocycles. The summed E-state index contributed by atoms with van der Waals surface area (Å²) in [5.41, 5.74) is 0.757. The Hall–Kier alpha value is -0.870. The molecule has 0 saturated carbocycles. The number of benzene rings is 1. The zero-order chi connectivity index (χ0) is 13.9. The van der Waals surface area contributed by atoms with Gasteiger partial charge in [0.05, 0.1) is 11.6 Å². The van der Waals surface area contributed by atoms with E-state index in [4.69, 9.17) is 0 Å². The van der Waals surface area contributed by atoms with Crippen LogP contribution in [-0.2, 0) is 4.79 Å². The van der Waals surface area contributed by atoms with Crippen molar-refractivity contribution >= 4 is 21.8 Å². The van der Waals surface area contributed by atoms with E-state index in [1.54, 1.807) is 0 Å². The van der Waals surface area contributed by atoms with Crippen LogP contribution in [0.25, 0.3) is 0 Å². The first-order valence-corrected chi connectivity index (χ1v) is 7.68. The maximum Gasteiger partial charge on any atom is 0.240 e. The summed E-state index contributed by atoms with van der Waals surface area (Å²) in [5.74, 6) is 0.125. The third-order valence-electron chi connectivity index (χ3n) is 3.98. The highest BCUT2D eigenvalue weighted by molar-refractivity contribution is 9.10. The topological polar surface area (TPSA) is 41.1 Å². The molecule has 1 amide bonds. The van der Waals surface area contributed by atoms with Crippen molar-refractivity contribution in [3.05, 3.63) is 34.3 Å². The van der Waals surface area contributed by atoms with Crippen LogP contribution in [0.3, 0.4) is 0 Å². The highest BCUT2D eigenvalue weighted by Gasteiger charge is 2.39. The number of carbonyl (C=O) groups excluding carboxylic acids is 1. The van der Waals surface area contributed by atoms with Crippen LogP contribution in [0, 0.1) is 0 Å². The molecule has 4 heteroatoms. The Morgan fingerprint density at radius 1 is 1.58 bits per heavy atom. The molecule has 1 aliphatic heterocycles. The highest BCUT2D eigenvalue weighted by Crippen LogP contribution is 2.25. The maximum absolute atomic E-state index is 12.5. The summed E-state index contributed by atoms with van der Waals surface area (Å²) in [6.45, 7) is 5.03. The SMILES string of the molecule is CCC1(C(=O)NC(C)c2cccc(Br)c2)CCCN1. The molecule has 2 rings (SSSR count). The van der Waals surface area contributed by atoms with E-state index in [1.807, 2.05) is 31.2 Å². The fourth-order valence-corrected chi connectivity index (χ4v) is 3.07. The lowest BCUT2D eigenvalue weighted by atomic mass is 9.92. The van der Waals surface area contributed by atoms with Gasteiger partial charge in [0.1, 0.15) is 0 Å². The second-order valence-corrected chi connectivity index (χ2v) is 6.13. The Bertz CT molecular complexity index is 455. The lowest BCUT2D eigenvalue weighted by molar-refractivity contribution is -0.128. The van der Waals surface area contributed by atoms with Crippen LogP contribution in [0.15, 0.2) is 28.7 Å². The van der Waals surface area contributed by atoms with E-state index in [-0.39, 0.29) is 17.5 Å². The average molecular weight is 325 g/mol. The van der Waals surface area contributed by atoms with Crippen molar-refractivity contribution in [1.82, 2.24) is 10.6 Å². The molecule has 2 atom stereocenters. The van der Waals surface area contributed by atoms with Gasteiger partial charge in [-0.3, -0.25) is 4.79 Å². The average Bonchev–Trinajstić information content (AvgIpc) is 2.88. The lowest BCUT2D eigenvalue weighted by Crippen LogP contribution is -2.53. The van der Waals surface area contributed by atoms with Crippen molar-refractivity contribution < 1.29 is 4.79 Å². The van der Waals surface area contributed by atoms with Crippen molar-refractivity contribution in [2.75, 3.05) is 6.54 Å². The van der Waals surface area contributed by atoms with Gasteiger partial charge in [-0.05, 0) is 50.4 Å². The lowest BCUT2D eigenvalue weighted by Gasteiger charge is -2.28. The zero-order valence-electron chi connectivity index (χ0n) is 11.5. The van der Waals surface area contributed by atoms with Crippen molar-refractivity contribution in [2.24, 2.45) is 0 Å². The summed E-state index contributed by atoms with van der Waals surface area (Å²) in [7, 11) is 0. The molecule has 1 fully saturated rings. The minimum absolute atomic E-state index is 0.0239. The molecule has 1 heterocycles. The fourth-order valence-electron chi connectivity index (χ4n) is 2.66. The summed E-state index contributed by atoms with van der Waals surface area (Å²) in [5, 5.41) is 6.50. The zero-order valence-corrected chi connectivity index (χ0v) is 13.1. The minimum atomic E-state index is -0.361. The first-order chi connectivity index (χ1) is 9.07. The molecule has 2 unspecified atom stereocenters. The number of hydrogen-bond donors (Lipinski definition) is 2. The molecule has 104 valence electrons. The van der Waals surface area contributed by atoms with Gasteiger partial charge in [0.15, 0.2) is 0 Å². The Kier molecular flexibility index (Phi) is 4.63. The van der Waals surface area contributed by atoms with Gasteiger partial charge >= 0.3 is 0 Å². The van der Waals surface area contributed by atoms with Gasteiger partial charge in [0, 0.05) is 4.47 Å². The van der Waals surface area contributed by atoms with E-state index in [2.05, 4.69) is 33.5 Å². The summed E-state index contributed by atoms with van der Waals surface area (Å²) < 4.78 is 1.04. The minimum Gasteiger partial charge on any atom is -0.348 e. The van der Waals surface area contributed by atoms with Gasteiger partial charge in [0.25, 0.3) is 0 Å². The van der Waals surface area contributed by atoms with E-state index in [0.29, 0.717) is 0 Å². The van der Waals surface area contributed by atoms with Gasteiger partial charge in [-0.1, -0.05) is 35.0 Å². The summed E-state index contributed by atoms with van der Waals surface area (Å²) in [6.07, 6.45) is 2.84. The number of hydrogen-bond acceptors (Lipinski definition) is 2. The van der Waals surface area contributed by atoms with Gasteiger partial charge in [-0.25, -0.2) is 0 Å². The van der Waals surface area contributed by atoms with Crippen molar-refractivity contribution in [1.29, 1.82) is 0 Å². The van der Waals surface area contributed by atoms with Gasteiger partial charge in [0.2, 0.25) is 5.91 Å². The molecule has 1 aliphatic rings. The van der Waals surface area contributed by atoms with Crippen LogP contribution >= 0.6 is 15.9 Å². The van der Waals surface area contributed by atoms with Crippen LogP contribution in [0.4, 0.5) is 0 Å². The van der Waals surface area contributed by atoms with Crippen LogP contribution in [0.1, 0.15) is 44.7 Å². The van der Waals surface area contributed by atoms with Crippen molar-refractivity contribution in [3.63, 3.8) is 0 Å². The number of carbonyl (C=O) groups is 1. The second kappa shape index (κ2) is 6.06. The van der Waals surface area contributed by atoms with Crippen LogP contribution in [0.5, 0.6) is 0 Å². The molecule has 0 aromatic heterocycles. The molecule has 0 radical (unpaired) electrons. The molecular formula is C15H21BrN2O. The first kappa shape index (κ1) is 14.5. The Morgan fingerprint density at radius 2 is 2.37 bits per heavy atom. The van der Waals surface area contributed by atoms with Gasteiger partial charge < -0.3 is 10.6 Å². The van der Waals surface area contributed by atoms with Crippen LogP contribution < -0.4 is 10.6 Å². The van der Waals surface area contributed by atoms with Crippen LogP contribution in [-0.4, -0.2) is 18.0 Å². The normalized spacial score (nSPS) is 24.2. The van der Waals surface area contributed by atoms with Gasteiger partial charge in [-0.2, -0.15) is 0 Å². The van der Waals surface area contributed by atoms with E-state index < -0.39 is 0 Å². The molecule has 3 nitrogen and oxygen atoms in total. The summed E-state index contributed by atoms with van der Waals surface area (Å²) in [6, 6.07) is 8.09. The fraction of sp³-hybridized carbons (Fsp3) is 0.533. The molecular weight excluding hydrogens is 304 g/mol. The summed E-state index contributed by atoms with van der Waals surface area (Å²) >= 11 is 3.46. The van der Waals surface area contributed by atoms with Crippen LogP contribution in [0.2, 0.25) is 0 Å². The quantitative estimate of drug-likeness (QED) is 0.893. The van der Waals surface area contributed by atoms with E-state index in [1.165, 1.54) is 0 Å². The monoisotopic (exact) mass is 324 g/mol. The number of amides is 1. The molecule has 1 saturated heterocycles. The third-order valence-corrected chi connectivity index (χ3v) is 4.47. The largest absolute Gasteiger partial charge is 0.348 e. The highest BCUT2D eigenvalue weighted by atomic mass is 79.9. The Morgan fingerprint density at radius 3 is 2.95 bits per heavy atom. The maximum atomic E-state index is 12.5. The van der Waals surface area contributed by atoms with E-state index in [9.17, 15) is 4.79 Å². The predicted molar refractivity (Wildman–Crippen MR) is 81.0 cm³/mol. The number of nitrogens with one attached hydrogen (secondary N) is 2. The molecule has 0 spiro atoms. The molecule has 0 aliphatic carbocycles. The summed E-state index contributed by atoms with van der Waals surface area (Å²) in [4.78, 5) is 12.5. The van der Waals surface area contributed by atoms with Gasteiger partial charge in [-0.15, -0.1) is 0 Å².